The summed E-state index contributed by atoms with van der Waals surface area (Å²) >= 11 is 5.25. The van der Waals surface area contributed by atoms with E-state index in [1.54, 1.807) is 30.1 Å². The molecule has 0 spiro atoms. The number of phenolic OH excluding ortho intramolecular Hbond substituents is 1. The van der Waals surface area contributed by atoms with E-state index in [1.165, 1.54) is 11.6 Å². The number of hydrogen-bond donors (Lipinski definition) is 2. The third kappa shape index (κ3) is 3.95. The van der Waals surface area contributed by atoms with Crippen LogP contribution >= 0.6 is 12.2 Å². The summed E-state index contributed by atoms with van der Waals surface area (Å²) in [4.78, 5) is 0. The van der Waals surface area contributed by atoms with Gasteiger partial charge in [0, 0.05) is 18.1 Å². The molecule has 0 radical (unpaired) electrons. The molecule has 0 saturated heterocycles. The van der Waals surface area contributed by atoms with Gasteiger partial charge in [-0.15, -0.1) is 0 Å². The van der Waals surface area contributed by atoms with Gasteiger partial charge in [-0.2, -0.15) is 14.9 Å². The summed E-state index contributed by atoms with van der Waals surface area (Å²) in [7, 11) is 1.55. The maximum Gasteiger partial charge on any atom is 0.216 e. The lowest BCUT2D eigenvalue weighted by atomic mass is 10.1. The second-order valence-corrected chi connectivity index (χ2v) is 5.98. The fourth-order valence-corrected chi connectivity index (χ4v) is 2.52. The fraction of sp³-hybridized carbons (Fsp3) is 0.167. The molecule has 3 rings (SSSR count). The molecule has 0 saturated carbocycles. The van der Waals surface area contributed by atoms with Crippen LogP contribution in [0.2, 0.25) is 0 Å². The van der Waals surface area contributed by atoms with Crippen molar-refractivity contribution in [3.05, 3.63) is 69.8 Å². The van der Waals surface area contributed by atoms with Gasteiger partial charge in [-0.25, -0.2) is 0 Å². The molecule has 0 atom stereocenters. The molecule has 0 fully saturated rings. The van der Waals surface area contributed by atoms with Crippen LogP contribution in [0.3, 0.4) is 0 Å². The summed E-state index contributed by atoms with van der Waals surface area (Å²) < 4.78 is 7.02. The van der Waals surface area contributed by atoms with E-state index < -0.39 is 0 Å². The quantitative estimate of drug-likeness (QED) is 0.544. The maximum absolute atomic E-state index is 10.0. The minimum Gasteiger partial charge on any atom is -0.507 e. The average molecular weight is 354 g/mol. The van der Waals surface area contributed by atoms with Crippen molar-refractivity contribution in [2.75, 3.05) is 7.11 Å². The third-order valence-corrected chi connectivity index (χ3v) is 4.01. The van der Waals surface area contributed by atoms with Crippen molar-refractivity contribution in [1.82, 2.24) is 14.9 Å². The van der Waals surface area contributed by atoms with Gasteiger partial charge in [-0.05, 0) is 36.8 Å². The first-order valence-electron chi connectivity index (χ1n) is 7.70. The van der Waals surface area contributed by atoms with Gasteiger partial charge in [0.05, 0.1) is 13.3 Å². The summed E-state index contributed by atoms with van der Waals surface area (Å²) in [6.45, 7) is 2.05. The number of nitrogens with zero attached hydrogens (tertiary/aromatic N) is 3. The minimum atomic E-state index is 0.0817. The maximum atomic E-state index is 10.0. The summed E-state index contributed by atoms with van der Waals surface area (Å²) in [6, 6.07) is 13.2. The van der Waals surface area contributed by atoms with Crippen molar-refractivity contribution in [2.45, 2.75) is 13.3 Å². The number of rotatable bonds is 5. The Morgan fingerprint density at radius 2 is 2.04 bits per heavy atom. The normalized spacial score (nSPS) is 11.1. The van der Waals surface area contributed by atoms with Gasteiger partial charge >= 0.3 is 0 Å². The van der Waals surface area contributed by atoms with Gasteiger partial charge in [-0.3, -0.25) is 5.10 Å². The number of aromatic hydroxyl groups is 1. The molecule has 0 bridgehead atoms. The molecular formula is C18H18N4O2S. The van der Waals surface area contributed by atoms with Crippen molar-refractivity contribution >= 4 is 18.4 Å². The van der Waals surface area contributed by atoms with E-state index in [0.29, 0.717) is 28.3 Å². The molecule has 3 aromatic rings. The van der Waals surface area contributed by atoms with Crippen LogP contribution in [0.1, 0.15) is 22.5 Å². The number of hydrogen-bond acceptors (Lipinski definition) is 5. The lowest BCUT2D eigenvalue weighted by molar-refractivity contribution is 0.407. The zero-order valence-electron chi connectivity index (χ0n) is 13.9. The monoisotopic (exact) mass is 354 g/mol. The zero-order valence-corrected chi connectivity index (χ0v) is 14.7. The number of aromatic amines is 1. The number of H-pyrrole nitrogens is 1. The van der Waals surface area contributed by atoms with Crippen molar-refractivity contribution in [1.29, 1.82) is 0 Å². The van der Waals surface area contributed by atoms with Crippen molar-refractivity contribution < 1.29 is 9.84 Å². The molecule has 1 heterocycles. The standard InChI is InChI=1S/C18H18N4O2S/c1-12-3-5-13(6-4-12)9-17-20-21-18(25)22(17)19-11-14-7-8-15(24-2)10-16(14)23/h3-8,10-11,23H,9H2,1-2H3,(H,21,25). The molecule has 0 aliphatic carbocycles. The lowest BCUT2D eigenvalue weighted by Gasteiger charge is -2.04. The predicted molar refractivity (Wildman–Crippen MR) is 99.0 cm³/mol. The summed E-state index contributed by atoms with van der Waals surface area (Å²) in [5.74, 6) is 1.35. The van der Waals surface area contributed by atoms with Crippen LogP contribution in [0.15, 0.2) is 47.6 Å². The first kappa shape index (κ1) is 16.9. The average Bonchev–Trinajstić information content (AvgIpc) is 2.95. The molecule has 2 N–H and O–H groups in total. The van der Waals surface area contributed by atoms with Crippen LogP contribution in [-0.4, -0.2) is 33.3 Å². The highest BCUT2D eigenvalue weighted by Crippen LogP contribution is 2.22. The molecule has 7 heteroatoms. The Labute approximate surface area is 150 Å². The number of phenols is 1. The fourth-order valence-electron chi connectivity index (χ4n) is 2.33. The van der Waals surface area contributed by atoms with E-state index in [2.05, 4.69) is 39.6 Å². The van der Waals surface area contributed by atoms with Crippen molar-refractivity contribution in [2.24, 2.45) is 5.10 Å². The van der Waals surface area contributed by atoms with E-state index in [-0.39, 0.29) is 5.75 Å². The summed E-state index contributed by atoms with van der Waals surface area (Å²) in [5, 5.41) is 21.4. The number of aryl methyl sites for hydroxylation is 1. The second kappa shape index (κ2) is 7.31. The molecular weight excluding hydrogens is 336 g/mol. The molecule has 25 heavy (non-hydrogen) atoms. The Morgan fingerprint density at radius 1 is 1.28 bits per heavy atom. The first-order valence-corrected chi connectivity index (χ1v) is 8.11. The van der Waals surface area contributed by atoms with Crippen LogP contribution in [-0.2, 0) is 6.42 Å². The topological polar surface area (TPSA) is 75.4 Å². The molecule has 128 valence electrons. The number of methoxy groups -OCH3 is 1. The lowest BCUT2D eigenvalue weighted by Crippen LogP contribution is -2.00. The highest BCUT2D eigenvalue weighted by atomic mass is 32.1. The highest BCUT2D eigenvalue weighted by Gasteiger charge is 2.07. The smallest absolute Gasteiger partial charge is 0.216 e. The van der Waals surface area contributed by atoms with E-state index in [4.69, 9.17) is 17.0 Å². The minimum absolute atomic E-state index is 0.0817. The van der Waals surface area contributed by atoms with E-state index in [0.717, 1.165) is 5.56 Å². The van der Waals surface area contributed by atoms with Gasteiger partial charge in [0.2, 0.25) is 4.77 Å². The number of nitrogens with one attached hydrogen (secondary N) is 1. The number of ether oxygens (including phenoxy) is 1. The Balaban J connectivity index is 1.86. The Hall–Kier alpha value is -2.93. The van der Waals surface area contributed by atoms with Crippen LogP contribution in [0.4, 0.5) is 0 Å². The Morgan fingerprint density at radius 3 is 2.72 bits per heavy atom. The van der Waals surface area contributed by atoms with Crippen molar-refractivity contribution in [3.63, 3.8) is 0 Å². The largest absolute Gasteiger partial charge is 0.507 e. The SMILES string of the molecule is COc1ccc(C=Nn2c(Cc3ccc(C)cc3)n[nH]c2=S)c(O)c1. The van der Waals surface area contributed by atoms with Gasteiger partial charge in [-0.1, -0.05) is 29.8 Å². The molecule has 0 amide bonds. The third-order valence-electron chi connectivity index (χ3n) is 3.75. The first-order chi connectivity index (χ1) is 12.1. The van der Waals surface area contributed by atoms with E-state index >= 15 is 0 Å². The zero-order chi connectivity index (χ0) is 17.8. The summed E-state index contributed by atoms with van der Waals surface area (Å²) in [6.07, 6.45) is 2.14. The number of benzene rings is 2. The molecule has 0 unspecified atom stereocenters. The van der Waals surface area contributed by atoms with Crippen LogP contribution in [0.5, 0.6) is 11.5 Å². The molecule has 1 aromatic heterocycles. The van der Waals surface area contributed by atoms with Crippen LogP contribution < -0.4 is 4.74 Å². The van der Waals surface area contributed by atoms with E-state index in [9.17, 15) is 5.11 Å². The molecule has 6 nitrogen and oxygen atoms in total. The van der Waals surface area contributed by atoms with E-state index in [1.807, 2.05) is 6.92 Å². The van der Waals surface area contributed by atoms with Gasteiger partial charge in [0.25, 0.3) is 0 Å². The predicted octanol–water partition coefficient (Wildman–Crippen LogP) is 3.44. The van der Waals surface area contributed by atoms with Crippen LogP contribution in [0.25, 0.3) is 0 Å². The molecule has 2 aromatic carbocycles. The highest BCUT2D eigenvalue weighted by molar-refractivity contribution is 7.71. The molecule has 0 aliphatic rings. The van der Waals surface area contributed by atoms with Crippen molar-refractivity contribution in [3.8, 4) is 11.5 Å². The summed E-state index contributed by atoms with van der Waals surface area (Å²) in [5.41, 5.74) is 2.88. The second-order valence-electron chi connectivity index (χ2n) is 5.59. The molecule has 0 aliphatic heterocycles. The number of aromatic nitrogens is 3. The van der Waals surface area contributed by atoms with Gasteiger partial charge in [0.15, 0.2) is 5.82 Å². The Kier molecular flexibility index (Phi) is 4.95. The van der Waals surface area contributed by atoms with Crippen LogP contribution in [0, 0.1) is 11.7 Å². The Bertz CT molecular complexity index is 958. The van der Waals surface area contributed by atoms with Gasteiger partial charge in [0.1, 0.15) is 11.5 Å². The van der Waals surface area contributed by atoms with Gasteiger partial charge < -0.3 is 9.84 Å².